The summed E-state index contributed by atoms with van der Waals surface area (Å²) in [6, 6.07) is 8.89. The van der Waals surface area contributed by atoms with Crippen molar-refractivity contribution < 1.29 is 9.59 Å². The van der Waals surface area contributed by atoms with Crippen molar-refractivity contribution in [1.82, 2.24) is 19.8 Å². The molecule has 1 saturated heterocycles. The minimum absolute atomic E-state index is 0.0370. The van der Waals surface area contributed by atoms with Gasteiger partial charge >= 0.3 is 0 Å². The number of hydrogen-bond donors (Lipinski definition) is 0. The number of aromatic nitrogens is 2. The third-order valence-corrected chi connectivity index (χ3v) is 4.44. The van der Waals surface area contributed by atoms with Gasteiger partial charge in [-0.15, -0.1) is 0 Å². The molecule has 1 aromatic carbocycles. The molecule has 0 atom stereocenters. The molecule has 1 aromatic heterocycles. The van der Waals surface area contributed by atoms with Gasteiger partial charge in [-0.05, 0) is 37.3 Å². The summed E-state index contributed by atoms with van der Waals surface area (Å²) in [7, 11) is 0. The molecule has 7 heteroatoms. The molecular weight excluding hydrogens is 340 g/mol. The zero-order chi connectivity index (χ0) is 18.0. The van der Waals surface area contributed by atoms with Crippen molar-refractivity contribution in [2.45, 2.75) is 13.8 Å². The Morgan fingerprint density at radius 1 is 1.00 bits per heavy atom. The summed E-state index contributed by atoms with van der Waals surface area (Å²) >= 11 is 5.92. The summed E-state index contributed by atoms with van der Waals surface area (Å²) in [5.41, 5.74) is 1.91. The van der Waals surface area contributed by atoms with Crippen LogP contribution in [0.5, 0.6) is 0 Å². The Labute approximate surface area is 151 Å². The smallest absolute Gasteiger partial charge is 0.272 e. The van der Waals surface area contributed by atoms with E-state index < -0.39 is 0 Å². The van der Waals surface area contributed by atoms with Crippen molar-refractivity contribution in [3.05, 3.63) is 46.7 Å². The molecule has 2 heterocycles. The highest BCUT2D eigenvalue weighted by Gasteiger charge is 2.24. The molecule has 6 nitrogen and oxygen atoms in total. The molecule has 0 saturated carbocycles. The fraction of sp³-hybridized carbons (Fsp3) is 0.333. The maximum Gasteiger partial charge on any atom is 0.272 e. The van der Waals surface area contributed by atoms with Gasteiger partial charge in [0.1, 0.15) is 5.69 Å². The van der Waals surface area contributed by atoms with Crippen LogP contribution in [0.2, 0.25) is 5.02 Å². The number of hydrogen-bond acceptors (Lipinski definition) is 4. The van der Waals surface area contributed by atoms with Crippen molar-refractivity contribution in [3.63, 3.8) is 0 Å². The van der Waals surface area contributed by atoms with Gasteiger partial charge in [-0.25, -0.2) is 9.97 Å². The van der Waals surface area contributed by atoms with Crippen LogP contribution in [-0.2, 0) is 4.79 Å². The predicted molar refractivity (Wildman–Crippen MR) is 95.4 cm³/mol. The number of piperazine rings is 1. The lowest BCUT2D eigenvalue weighted by atomic mass is 10.2. The van der Waals surface area contributed by atoms with Gasteiger partial charge < -0.3 is 9.80 Å². The molecule has 25 heavy (non-hydrogen) atoms. The lowest BCUT2D eigenvalue weighted by Gasteiger charge is -2.34. The Kier molecular flexibility index (Phi) is 4.99. The monoisotopic (exact) mass is 358 g/mol. The van der Waals surface area contributed by atoms with Crippen LogP contribution in [0, 0.1) is 6.92 Å². The van der Waals surface area contributed by atoms with E-state index in [1.807, 2.05) is 19.1 Å². The molecule has 1 aliphatic rings. The third-order valence-electron chi connectivity index (χ3n) is 4.19. The largest absolute Gasteiger partial charge is 0.339 e. The molecule has 0 spiro atoms. The van der Waals surface area contributed by atoms with E-state index in [1.165, 1.54) is 0 Å². The average molecular weight is 359 g/mol. The zero-order valence-electron chi connectivity index (χ0n) is 14.2. The first-order valence-electron chi connectivity index (χ1n) is 8.10. The van der Waals surface area contributed by atoms with Gasteiger partial charge in [0, 0.05) is 49.4 Å². The van der Waals surface area contributed by atoms with Crippen LogP contribution in [0.1, 0.15) is 23.1 Å². The van der Waals surface area contributed by atoms with E-state index >= 15 is 0 Å². The normalized spacial score (nSPS) is 14.5. The second-order valence-corrected chi connectivity index (χ2v) is 6.46. The minimum atomic E-state index is -0.135. The Hall–Kier alpha value is -2.47. The predicted octanol–water partition coefficient (Wildman–Crippen LogP) is 2.41. The molecule has 0 radical (unpaired) electrons. The Morgan fingerprint density at radius 3 is 2.20 bits per heavy atom. The molecule has 0 aliphatic carbocycles. The van der Waals surface area contributed by atoms with Gasteiger partial charge in [0.2, 0.25) is 5.91 Å². The number of amides is 2. The zero-order valence-corrected chi connectivity index (χ0v) is 15.0. The van der Waals surface area contributed by atoms with Crippen LogP contribution in [0.25, 0.3) is 11.4 Å². The molecule has 3 rings (SSSR count). The van der Waals surface area contributed by atoms with Crippen molar-refractivity contribution in [2.24, 2.45) is 0 Å². The molecule has 1 aliphatic heterocycles. The fourth-order valence-corrected chi connectivity index (χ4v) is 2.92. The van der Waals surface area contributed by atoms with Crippen LogP contribution in [0.15, 0.2) is 30.3 Å². The molecule has 0 bridgehead atoms. The van der Waals surface area contributed by atoms with Gasteiger partial charge in [-0.3, -0.25) is 9.59 Å². The SMILES string of the molecule is CC(=O)N1CCN(C(=O)c2cc(C)nc(-c3ccc(Cl)cc3)n2)CC1. The highest BCUT2D eigenvalue weighted by molar-refractivity contribution is 6.30. The van der Waals surface area contributed by atoms with E-state index in [2.05, 4.69) is 9.97 Å². The first kappa shape index (κ1) is 17.4. The standard InChI is InChI=1S/C18H19ClN4O2/c1-12-11-16(18(25)23-9-7-22(8-10-23)13(2)24)21-17(20-12)14-3-5-15(19)6-4-14/h3-6,11H,7-10H2,1-2H3. The molecule has 1 fully saturated rings. The first-order valence-corrected chi connectivity index (χ1v) is 8.48. The van der Waals surface area contributed by atoms with Gasteiger partial charge in [-0.1, -0.05) is 11.6 Å². The number of rotatable bonds is 2. The van der Waals surface area contributed by atoms with Crippen molar-refractivity contribution >= 4 is 23.4 Å². The molecule has 2 aromatic rings. The van der Waals surface area contributed by atoms with Crippen LogP contribution in [0.4, 0.5) is 0 Å². The summed E-state index contributed by atoms with van der Waals surface area (Å²) in [6.45, 7) is 5.51. The number of aryl methyl sites for hydroxylation is 1. The topological polar surface area (TPSA) is 66.4 Å². The van der Waals surface area contributed by atoms with Crippen LogP contribution in [0.3, 0.4) is 0 Å². The van der Waals surface area contributed by atoms with Gasteiger partial charge in [0.25, 0.3) is 5.91 Å². The van der Waals surface area contributed by atoms with E-state index in [1.54, 1.807) is 34.9 Å². The lowest BCUT2D eigenvalue weighted by Crippen LogP contribution is -2.50. The number of benzene rings is 1. The highest BCUT2D eigenvalue weighted by Crippen LogP contribution is 2.19. The second-order valence-electron chi connectivity index (χ2n) is 6.02. The number of carbonyl (C=O) groups is 2. The Morgan fingerprint density at radius 2 is 1.60 bits per heavy atom. The summed E-state index contributed by atoms with van der Waals surface area (Å²) in [5, 5.41) is 0.635. The number of carbonyl (C=O) groups excluding carboxylic acids is 2. The van der Waals surface area contributed by atoms with E-state index in [0.717, 1.165) is 11.3 Å². The lowest BCUT2D eigenvalue weighted by molar-refractivity contribution is -0.130. The maximum atomic E-state index is 12.8. The fourth-order valence-electron chi connectivity index (χ4n) is 2.79. The average Bonchev–Trinajstić information content (AvgIpc) is 2.61. The second kappa shape index (κ2) is 7.19. The summed E-state index contributed by atoms with van der Waals surface area (Å²) in [4.78, 5) is 36.5. The van der Waals surface area contributed by atoms with Crippen molar-refractivity contribution in [2.75, 3.05) is 26.2 Å². The Bertz CT molecular complexity index is 799. The summed E-state index contributed by atoms with van der Waals surface area (Å²) < 4.78 is 0. The van der Waals surface area contributed by atoms with Crippen molar-refractivity contribution in [1.29, 1.82) is 0 Å². The quantitative estimate of drug-likeness (QED) is 0.826. The Balaban J connectivity index is 1.81. The number of halogens is 1. The number of nitrogens with zero attached hydrogens (tertiary/aromatic N) is 4. The van der Waals surface area contributed by atoms with Crippen LogP contribution in [-0.4, -0.2) is 57.8 Å². The van der Waals surface area contributed by atoms with Crippen LogP contribution < -0.4 is 0 Å². The van der Waals surface area contributed by atoms with E-state index in [0.29, 0.717) is 42.7 Å². The summed E-state index contributed by atoms with van der Waals surface area (Å²) in [5.74, 6) is 0.404. The minimum Gasteiger partial charge on any atom is -0.339 e. The van der Waals surface area contributed by atoms with E-state index in [-0.39, 0.29) is 11.8 Å². The first-order chi connectivity index (χ1) is 11.9. The maximum absolute atomic E-state index is 12.8. The third kappa shape index (κ3) is 3.96. The van der Waals surface area contributed by atoms with Gasteiger partial charge in [0.05, 0.1) is 0 Å². The molecular formula is C18H19ClN4O2. The molecule has 130 valence electrons. The van der Waals surface area contributed by atoms with Crippen molar-refractivity contribution in [3.8, 4) is 11.4 Å². The van der Waals surface area contributed by atoms with Gasteiger partial charge in [-0.2, -0.15) is 0 Å². The van der Waals surface area contributed by atoms with E-state index in [9.17, 15) is 9.59 Å². The molecule has 0 unspecified atom stereocenters. The van der Waals surface area contributed by atoms with E-state index in [4.69, 9.17) is 11.6 Å². The van der Waals surface area contributed by atoms with Crippen LogP contribution >= 0.6 is 11.6 Å². The highest BCUT2D eigenvalue weighted by atomic mass is 35.5. The summed E-state index contributed by atoms with van der Waals surface area (Å²) in [6.07, 6.45) is 0. The van der Waals surface area contributed by atoms with Gasteiger partial charge in [0.15, 0.2) is 5.82 Å². The molecule has 2 amide bonds. The molecule has 0 N–H and O–H groups in total.